The second-order valence-electron chi connectivity index (χ2n) is 7.58. The number of esters is 1. The van der Waals surface area contributed by atoms with E-state index in [1.165, 1.54) is 25.5 Å². The minimum Gasteiger partial charge on any atom is -0.465 e. The number of aromatic nitrogens is 4. The standard InChI is InChI=1S/C21H22N4O4S/c1-12(2)11-25-19-17(18(26)23(3)21(25)28)16(20(27)29-4)14(30-19)9-13-10-22-15-7-5-6-8-24(13)15/h5-8,10,12H,9,11H2,1-4H3. The van der Waals surface area contributed by atoms with E-state index in [2.05, 4.69) is 4.98 Å². The van der Waals surface area contributed by atoms with E-state index >= 15 is 0 Å². The summed E-state index contributed by atoms with van der Waals surface area (Å²) in [6.07, 6.45) is 4.03. The normalized spacial score (nSPS) is 11.6. The third kappa shape index (κ3) is 3.15. The molecular formula is C21H22N4O4S. The number of rotatable bonds is 5. The van der Waals surface area contributed by atoms with Crippen molar-refractivity contribution in [3.05, 3.63) is 67.6 Å². The summed E-state index contributed by atoms with van der Waals surface area (Å²) in [5, 5.41) is 0.235. The van der Waals surface area contributed by atoms with Crippen LogP contribution in [0.15, 0.2) is 40.2 Å². The molecule has 0 aromatic carbocycles. The molecule has 4 rings (SSSR count). The number of pyridine rings is 1. The quantitative estimate of drug-likeness (QED) is 0.458. The lowest BCUT2D eigenvalue weighted by Crippen LogP contribution is -2.38. The Morgan fingerprint density at radius 1 is 1.27 bits per heavy atom. The third-order valence-corrected chi connectivity index (χ3v) is 6.23. The maximum absolute atomic E-state index is 13.0. The second kappa shape index (κ2) is 7.56. The Morgan fingerprint density at radius 2 is 2.03 bits per heavy atom. The second-order valence-corrected chi connectivity index (χ2v) is 8.66. The minimum absolute atomic E-state index is 0.189. The van der Waals surface area contributed by atoms with Gasteiger partial charge in [-0.2, -0.15) is 0 Å². The Labute approximate surface area is 176 Å². The molecule has 0 atom stereocenters. The molecule has 0 aliphatic heterocycles. The van der Waals surface area contributed by atoms with Crippen LogP contribution >= 0.6 is 11.3 Å². The summed E-state index contributed by atoms with van der Waals surface area (Å²) in [6, 6.07) is 5.70. The van der Waals surface area contributed by atoms with Crippen molar-refractivity contribution in [2.24, 2.45) is 13.0 Å². The zero-order valence-electron chi connectivity index (χ0n) is 17.2. The molecule has 0 aliphatic carbocycles. The number of carbonyl (C=O) groups excluding carboxylic acids is 1. The number of thiophene rings is 1. The third-order valence-electron chi connectivity index (χ3n) is 5.02. The fourth-order valence-electron chi connectivity index (χ4n) is 3.62. The molecule has 0 unspecified atom stereocenters. The van der Waals surface area contributed by atoms with Gasteiger partial charge in [0.05, 0.1) is 18.1 Å². The molecule has 4 heterocycles. The summed E-state index contributed by atoms with van der Waals surface area (Å²) in [5.41, 5.74) is 1.01. The molecule has 0 spiro atoms. The number of methoxy groups -OCH3 is 1. The van der Waals surface area contributed by atoms with Gasteiger partial charge in [-0.05, 0) is 18.1 Å². The summed E-state index contributed by atoms with van der Waals surface area (Å²) in [6.45, 7) is 4.44. The fraction of sp³-hybridized carbons (Fsp3) is 0.333. The molecule has 0 saturated carbocycles. The van der Waals surface area contributed by atoms with E-state index in [9.17, 15) is 14.4 Å². The van der Waals surface area contributed by atoms with Gasteiger partial charge in [0.1, 0.15) is 10.5 Å². The Balaban J connectivity index is 2.02. The van der Waals surface area contributed by atoms with Crippen molar-refractivity contribution >= 4 is 33.2 Å². The molecular weight excluding hydrogens is 404 g/mol. The highest BCUT2D eigenvalue weighted by Gasteiger charge is 2.26. The van der Waals surface area contributed by atoms with Crippen molar-refractivity contribution in [2.45, 2.75) is 26.8 Å². The van der Waals surface area contributed by atoms with Crippen LogP contribution < -0.4 is 11.2 Å². The Hall–Kier alpha value is -3.20. The summed E-state index contributed by atoms with van der Waals surface area (Å²) in [4.78, 5) is 44.1. The van der Waals surface area contributed by atoms with Crippen LogP contribution in [-0.2, 0) is 24.8 Å². The predicted octanol–water partition coefficient (Wildman–Crippen LogP) is 2.44. The van der Waals surface area contributed by atoms with Gasteiger partial charge in [-0.3, -0.25) is 13.9 Å². The zero-order valence-corrected chi connectivity index (χ0v) is 18.0. The van der Waals surface area contributed by atoms with E-state index in [1.54, 1.807) is 10.8 Å². The van der Waals surface area contributed by atoms with Crippen LogP contribution in [0.2, 0.25) is 0 Å². The van der Waals surface area contributed by atoms with E-state index in [0.29, 0.717) is 22.7 Å². The molecule has 9 heteroatoms. The van der Waals surface area contributed by atoms with Crippen molar-refractivity contribution in [1.29, 1.82) is 0 Å². The van der Waals surface area contributed by atoms with E-state index in [0.717, 1.165) is 15.9 Å². The number of hydrogen-bond donors (Lipinski definition) is 0. The highest BCUT2D eigenvalue weighted by molar-refractivity contribution is 7.19. The first-order chi connectivity index (χ1) is 14.3. The van der Waals surface area contributed by atoms with Crippen LogP contribution in [0.25, 0.3) is 15.9 Å². The van der Waals surface area contributed by atoms with Gasteiger partial charge < -0.3 is 9.14 Å². The molecule has 0 saturated heterocycles. The van der Waals surface area contributed by atoms with Crippen LogP contribution in [0.4, 0.5) is 0 Å². The van der Waals surface area contributed by atoms with E-state index < -0.39 is 11.5 Å². The number of hydrogen-bond acceptors (Lipinski definition) is 6. The first kappa shape index (κ1) is 20.1. The molecule has 30 heavy (non-hydrogen) atoms. The summed E-state index contributed by atoms with van der Waals surface area (Å²) in [5.74, 6) is -0.397. The van der Waals surface area contributed by atoms with Crippen LogP contribution in [0.1, 0.15) is 34.8 Å². The summed E-state index contributed by atoms with van der Waals surface area (Å²) >= 11 is 1.29. The van der Waals surface area contributed by atoms with Gasteiger partial charge in [-0.25, -0.2) is 14.6 Å². The Bertz CT molecular complexity index is 1390. The maximum atomic E-state index is 13.0. The first-order valence-electron chi connectivity index (χ1n) is 9.58. The first-order valence-corrected chi connectivity index (χ1v) is 10.4. The highest BCUT2D eigenvalue weighted by Crippen LogP contribution is 2.31. The molecule has 156 valence electrons. The molecule has 0 amide bonds. The Morgan fingerprint density at radius 3 is 2.73 bits per heavy atom. The molecule has 0 aliphatic rings. The van der Waals surface area contributed by atoms with Gasteiger partial charge in [0.15, 0.2) is 0 Å². The number of ether oxygens (including phenoxy) is 1. The molecule has 0 N–H and O–H groups in total. The SMILES string of the molecule is COC(=O)c1c(Cc2cnc3ccccn23)sc2c1c(=O)n(C)c(=O)n2CC(C)C. The fourth-order valence-corrected chi connectivity index (χ4v) is 4.92. The number of carbonyl (C=O) groups is 1. The number of fused-ring (bicyclic) bond motifs is 2. The van der Waals surface area contributed by atoms with Crippen molar-refractivity contribution < 1.29 is 9.53 Å². The lowest BCUT2D eigenvalue weighted by atomic mass is 10.1. The molecule has 4 aromatic heterocycles. The monoisotopic (exact) mass is 426 g/mol. The molecule has 0 radical (unpaired) electrons. The van der Waals surface area contributed by atoms with Crippen LogP contribution in [0, 0.1) is 5.92 Å². The van der Waals surface area contributed by atoms with Crippen LogP contribution in [0.3, 0.4) is 0 Å². The number of nitrogens with zero attached hydrogens (tertiary/aromatic N) is 4. The van der Waals surface area contributed by atoms with Gasteiger partial charge in [0, 0.05) is 43.0 Å². The largest absolute Gasteiger partial charge is 0.465 e. The van der Waals surface area contributed by atoms with Crippen molar-refractivity contribution in [1.82, 2.24) is 18.5 Å². The lowest BCUT2D eigenvalue weighted by molar-refractivity contribution is 0.0602. The van der Waals surface area contributed by atoms with Gasteiger partial charge in [0.25, 0.3) is 5.56 Å². The molecule has 0 fully saturated rings. The van der Waals surface area contributed by atoms with Crippen molar-refractivity contribution in [3.8, 4) is 0 Å². The Kier molecular flexibility index (Phi) is 5.07. The van der Waals surface area contributed by atoms with Crippen LogP contribution in [0.5, 0.6) is 0 Å². The topological polar surface area (TPSA) is 87.6 Å². The van der Waals surface area contributed by atoms with E-state index in [-0.39, 0.29) is 22.6 Å². The minimum atomic E-state index is -0.586. The summed E-state index contributed by atoms with van der Waals surface area (Å²) in [7, 11) is 2.72. The lowest BCUT2D eigenvalue weighted by Gasteiger charge is -2.11. The van der Waals surface area contributed by atoms with Gasteiger partial charge >= 0.3 is 11.7 Å². The average Bonchev–Trinajstić information content (AvgIpc) is 3.31. The smallest absolute Gasteiger partial charge is 0.339 e. The maximum Gasteiger partial charge on any atom is 0.339 e. The summed E-state index contributed by atoms with van der Waals surface area (Å²) < 4.78 is 9.58. The van der Waals surface area contributed by atoms with Gasteiger partial charge in [0.2, 0.25) is 0 Å². The van der Waals surface area contributed by atoms with E-state index in [1.807, 2.05) is 42.6 Å². The van der Waals surface area contributed by atoms with Gasteiger partial charge in [-0.1, -0.05) is 19.9 Å². The predicted molar refractivity (Wildman–Crippen MR) is 116 cm³/mol. The van der Waals surface area contributed by atoms with Crippen molar-refractivity contribution in [3.63, 3.8) is 0 Å². The highest BCUT2D eigenvalue weighted by atomic mass is 32.1. The van der Waals surface area contributed by atoms with Gasteiger partial charge in [-0.15, -0.1) is 11.3 Å². The van der Waals surface area contributed by atoms with Crippen molar-refractivity contribution in [2.75, 3.05) is 7.11 Å². The molecule has 8 nitrogen and oxygen atoms in total. The average molecular weight is 426 g/mol. The molecule has 0 bridgehead atoms. The van der Waals surface area contributed by atoms with E-state index in [4.69, 9.17) is 4.74 Å². The number of imidazole rings is 1. The zero-order chi connectivity index (χ0) is 21.6. The molecule has 4 aromatic rings. The van der Waals surface area contributed by atoms with Crippen LogP contribution in [-0.4, -0.2) is 31.6 Å².